The molecule has 3 rings (SSSR count). The fraction of sp³-hybridized carbons (Fsp3) is 0.481. The van der Waals surface area contributed by atoms with Crippen molar-refractivity contribution in [2.24, 2.45) is 0 Å². The Hall–Kier alpha value is -3.13. The number of nitrogens with one attached hydrogen (secondary N) is 1. The van der Waals surface area contributed by atoms with Crippen molar-refractivity contribution in [3.05, 3.63) is 58.9 Å². The molecule has 1 aliphatic rings. The zero-order valence-electron chi connectivity index (χ0n) is 21.3. The second-order valence-corrected chi connectivity index (χ2v) is 8.73. The minimum Gasteiger partial charge on any atom is -0.493 e. The van der Waals surface area contributed by atoms with Crippen LogP contribution in [0.2, 0.25) is 0 Å². The van der Waals surface area contributed by atoms with Crippen LogP contribution in [0.5, 0.6) is 11.5 Å². The normalized spacial score (nSPS) is 17.3. The van der Waals surface area contributed by atoms with Crippen molar-refractivity contribution >= 4 is 11.8 Å². The fourth-order valence-electron chi connectivity index (χ4n) is 4.69. The van der Waals surface area contributed by atoms with Crippen LogP contribution in [0.15, 0.2) is 36.4 Å². The molecule has 2 aromatic carbocycles. The summed E-state index contributed by atoms with van der Waals surface area (Å²) in [6.45, 7) is 7.29. The van der Waals surface area contributed by atoms with Gasteiger partial charge in [0.15, 0.2) is 11.5 Å². The van der Waals surface area contributed by atoms with Gasteiger partial charge in [-0.05, 0) is 43.3 Å². The van der Waals surface area contributed by atoms with Gasteiger partial charge >= 0.3 is 0 Å². The molecular weight excluding hydrogens is 449 g/mol. The maximum atomic E-state index is 15.0. The standard InChI is InChI=1S/C27H36FN3O4/c1-6-8-14-31(7-2)15-13-29-26(32)24-19-16-22(34-4)23(35-5)17-20(19)27(33)30(3)25(24)18-11-9-10-12-21(18)28/h9-12,16-17,24-25H,6-8,13-15H2,1-5H3,(H,29,32)/t24-,25-/m1/s1. The summed E-state index contributed by atoms with van der Waals surface area (Å²) in [6.07, 6.45) is 2.21. The van der Waals surface area contributed by atoms with Gasteiger partial charge in [0, 0.05) is 31.3 Å². The van der Waals surface area contributed by atoms with Crippen molar-refractivity contribution < 1.29 is 23.5 Å². The summed E-state index contributed by atoms with van der Waals surface area (Å²) < 4.78 is 25.8. The number of likely N-dealkylation sites (N-methyl/N-ethyl adjacent to an activating group) is 2. The number of amides is 2. The molecule has 0 saturated carbocycles. The van der Waals surface area contributed by atoms with Crippen LogP contribution in [0.25, 0.3) is 0 Å². The van der Waals surface area contributed by atoms with Gasteiger partial charge in [-0.2, -0.15) is 0 Å². The monoisotopic (exact) mass is 485 g/mol. The maximum absolute atomic E-state index is 15.0. The summed E-state index contributed by atoms with van der Waals surface area (Å²) in [5.74, 6) is -1.06. The summed E-state index contributed by atoms with van der Waals surface area (Å²) in [7, 11) is 4.59. The number of fused-ring (bicyclic) bond motifs is 1. The highest BCUT2D eigenvalue weighted by atomic mass is 19.1. The molecule has 0 aliphatic carbocycles. The van der Waals surface area contributed by atoms with Crippen molar-refractivity contribution in [3.8, 4) is 11.5 Å². The lowest BCUT2D eigenvalue weighted by atomic mass is 9.79. The third kappa shape index (κ3) is 5.59. The maximum Gasteiger partial charge on any atom is 0.254 e. The van der Waals surface area contributed by atoms with E-state index in [1.54, 1.807) is 37.4 Å². The van der Waals surface area contributed by atoms with Gasteiger partial charge in [0.25, 0.3) is 5.91 Å². The molecule has 35 heavy (non-hydrogen) atoms. The van der Waals surface area contributed by atoms with Crippen LogP contribution in [-0.4, -0.2) is 69.1 Å². The Labute approximate surface area is 207 Å². The number of hydrogen-bond acceptors (Lipinski definition) is 5. The average molecular weight is 486 g/mol. The van der Waals surface area contributed by atoms with E-state index in [-0.39, 0.29) is 11.8 Å². The number of methoxy groups -OCH3 is 2. The van der Waals surface area contributed by atoms with Crippen molar-refractivity contribution in [3.63, 3.8) is 0 Å². The van der Waals surface area contributed by atoms with Crippen molar-refractivity contribution in [1.82, 2.24) is 15.1 Å². The molecule has 8 heteroatoms. The predicted octanol–water partition coefficient (Wildman–Crippen LogP) is 3.99. The summed E-state index contributed by atoms with van der Waals surface area (Å²) in [4.78, 5) is 30.8. The van der Waals surface area contributed by atoms with E-state index in [1.165, 1.54) is 25.2 Å². The zero-order valence-corrected chi connectivity index (χ0v) is 21.3. The predicted molar refractivity (Wildman–Crippen MR) is 134 cm³/mol. The van der Waals surface area contributed by atoms with E-state index in [0.29, 0.717) is 41.3 Å². The van der Waals surface area contributed by atoms with Crippen LogP contribution in [0.1, 0.15) is 60.1 Å². The first-order valence-electron chi connectivity index (χ1n) is 12.1. The Morgan fingerprint density at radius 1 is 1.09 bits per heavy atom. The number of halogens is 1. The number of ether oxygens (including phenoxy) is 2. The van der Waals surface area contributed by atoms with Gasteiger partial charge in [0.05, 0.1) is 26.2 Å². The molecule has 0 aromatic heterocycles. The molecule has 0 saturated heterocycles. The molecule has 0 radical (unpaired) electrons. The Kier molecular flexibility index (Phi) is 9.09. The van der Waals surface area contributed by atoms with Crippen molar-refractivity contribution in [2.45, 2.75) is 38.6 Å². The minimum atomic E-state index is -0.824. The highest BCUT2D eigenvalue weighted by Gasteiger charge is 2.44. The topological polar surface area (TPSA) is 71.1 Å². The number of rotatable bonds is 11. The molecule has 0 fully saturated rings. The molecule has 2 atom stereocenters. The summed E-state index contributed by atoms with van der Waals surface area (Å²) >= 11 is 0. The molecule has 1 heterocycles. The number of hydrogen-bond donors (Lipinski definition) is 1. The minimum absolute atomic E-state index is 0.266. The van der Waals surface area contributed by atoms with Crippen LogP contribution in [-0.2, 0) is 4.79 Å². The van der Waals surface area contributed by atoms with Gasteiger partial charge in [-0.15, -0.1) is 0 Å². The van der Waals surface area contributed by atoms with E-state index < -0.39 is 17.8 Å². The number of carbonyl (C=O) groups excluding carboxylic acids is 2. The molecule has 0 unspecified atom stereocenters. The van der Waals surface area contributed by atoms with Crippen molar-refractivity contribution in [2.75, 3.05) is 47.4 Å². The Morgan fingerprint density at radius 2 is 1.77 bits per heavy atom. The SMILES string of the molecule is CCCCN(CC)CCNC(=O)[C@@H]1c2cc(OC)c(OC)cc2C(=O)N(C)[C@@H]1c1ccccc1F. The number of carbonyl (C=O) groups is 2. The van der Waals surface area contributed by atoms with Crippen LogP contribution >= 0.6 is 0 Å². The van der Waals surface area contributed by atoms with Gasteiger partial charge in [0.2, 0.25) is 5.91 Å². The van der Waals surface area contributed by atoms with Gasteiger partial charge < -0.3 is 24.6 Å². The van der Waals surface area contributed by atoms with Crippen LogP contribution in [0.3, 0.4) is 0 Å². The fourth-order valence-corrected chi connectivity index (χ4v) is 4.69. The van der Waals surface area contributed by atoms with Gasteiger partial charge in [-0.3, -0.25) is 9.59 Å². The number of nitrogens with zero attached hydrogens (tertiary/aromatic N) is 2. The lowest BCUT2D eigenvalue weighted by molar-refractivity contribution is -0.124. The molecule has 0 bridgehead atoms. The summed E-state index contributed by atoms with van der Waals surface area (Å²) in [5, 5.41) is 3.04. The van der Waals surface area contributed by atoms with E-state index in [9.17, 15) is 14.0 Å². The van der Waals surface area contributed by atoms with E-state index in [1.807, 2.05) is 0 Å². The second-order valence-electron chi connectivity index (χ2n) is 8.73. The third-order valence-electron chi connectivity index (χ3n) is 6.68. The van der Waals surface area contributed by atoms with Gasteiger partial charge in [-0.1, -0.05) is 38.5 Å². The largest absolute Gasteiger partial charge is 0.493 e. The number of unbranched alkanes of at least 4 members (excludes halogenated alkanes) is 1. The molecular formula is C27H36FN3O4. The quantitative estimate of drug-likeness (QED) is 0.521. The van der Waals surface area contributed by atoms with Gasteiger partial charge in [-0.25, -0.2) is 4.39 Å². The number of benzene rings is 2. The smallest absolute Gasteiger partial charge is 0.254 e. The van der Waals surface area contributed by atoms with Gasteiger partial charge in [0.1, 0.15) is 5.82 Å². The average Bonchev–Trinajstić information content (AvgIpc) is 2.87. The molecule has 2 aromatic rings. The second kappa shape index (κ2) is 12.0. The van der Waals surface area contributed by atoms with Crippen LogP contribution < -0.4 is 14.8 Å². The molecule has 1 aliphatic heterocycles. The van der Waals surface area contributed by atoms with E-state index in [4.69, 9.17) is 9.47 Å². The van der Waals surface area contributed by atoms with E-state index >= 15 is 0 Å². The Bertz CT molecular complexity index is 1050. The Balaban J connectivity index is 2.01. The van der Waals surface area contributed by atoms with E-state index in [0.717, 1.165) is 25.9 Å². The van der Waals surface area contributed by atoms with E-state index in [2.05, 4.69) is 24.1 Å². The summed E-state index contributed by atoms with van der Waals surface area (Å²) in [5.41, 5.74) is 1.13. The lowest BCUT2D eigenvalue weighted by Gasteiger charge is -2.40. The van der Waals surface area contributed by atoms with Crippen LogP contribution in [0, 0.1) is 5.82 Å². The zero-order chi connectivity index (χ0) is 25.5. The van der Waals surface area contributed by atoms with Crippen molar-refractivity contribution in [1.29, 1.82) is 0 Å². The first-order chi connectivity index (χ1) is 16.9. The first kappa shape index (κ1) is 26.5. The molecule has 1 N–H and O–H groups in total. The third-order valence-corrected chi connectivity index (χ3v) is 6.68. The van der Waals surface area contributed by atoms with Crippen LogP contribution in [0.4, 0.5) is 4.39 Å². The molecule has 0 spiro atoms. The molecule has 2 amide bonds. The summed E-state index contributed by atoms with van der Waals surface area (Å²) in [6, 6.07) is 8.72. The molecule has 7 nitrogen and oxygen atoms in total. The highest BCUT2D eigenvalue weighted by molar-refractivity contribution is 6.02. The molecule has 190 valence electrons. The Morgan fingerprint density at radius 3 is 2.40 bits per heavy atom. The highest BCUT2D eigenvalue weighted by Crippen LogP contribution is 2.46. The first-order valence-corrected chi connectivity index (χ1v) is 12.1. The lowest BCUT2D eigenvalue weighted by Crippen LogP contribution is -2.47.